The number of carbonyl (C=O) groups is 2. The Bertz CT molecular complexity index is 1850. The predicted octanol–water partition coefficient (Wildman–Crippen LogP) is 1.93. The lowest BCUT2D eigenvalue weighted by Crippen LogP contribution is -2.69. The number of carbonyl (C=O) groups excluding carboxylic acids is 2. The van der Waals surface area contributed by atoms with Gasteiger partial charge >= 0.3 is 0 Å². The number of benzene rings is 3. The van der Waals surface area contributed by atoms with E-state index >= 15 is 0 Å². The van der Waals surface area contributed by atoms with Crippen molar-refractivity contribution in [1.82, 2.24) is 0 Å². The van der Waals surface area contributed by atoms with Crippen LogP contribution in [0.5, 0.6) is 17.2 Å². The second kappa shape index (κ2) is 16.3. The molecule has 286 valence electrons. The van der Waals surface area contributed by atoms with Crippen molar-refractivity contribution in [3.05, 3.63) is 76.9 Å². The molecule has 4 bridgehead atoms. The van der Waals surface area contributed by atoms with Gasteiger partial charge < -0.3 is 60.5 Å². The van der Waals surface area contributed by atoms with E-state index in [4.69, 9.17) is 19.9 Å². The van der Waals surface area contributed by atoms with Crippen LogP contribution in [0.25, 0.3) is 10.8 Å². The van der Waals surface area contributed by atoms with Gasteiger partial charge in [0.2, 0.25) is 6.29 Å². The van der Waals surface area contributed by atoms with Crippen LogP contribution in [0.2, 0.25) is 0 Å². The van der Waals surface area contributed by atoms with Gasteiger partial charge in [-0.15, -0.1) is 0 Å². The maximum Gasteiger partial charge on any atom is 0.229 e. The van der Waals surface area contributed by atoms with Crippen LogP contribution in [0.15, 0.2) is 54.6 Å². The van der Waals surface area contributed by atoms with Gasteiger partial charge in [0.05, 0.1) is 31.3 Å². The number of ketones is 1. The molecule has 9 N–H and O–H groups in total. The molecule has 0 saturated carbocycles. The molecule has 0 unspecified atom stereocenters. The van der Waals surface area contributed by atoms with Gasteiger partial charge in [-0.2, -0.15) is 0 Å². The number of aromatic hydroxyl groups is 1. The van der Waals surface area contributed by atoms with E-state index in [9.17, 15) is 45.3 Å². The normalized spacial score (nSPS) is 33.3. The number of aryl methyl sites for hydroxylation is 1. The summed E-state index contributed by atoms with van der Waals surface area (Å²) in [5, 5.41) is 78.7. The minimum absolute atomic E-state index is 0.0273. The number of methoxy groups -OCH3 is 1. The summed E-state index contributed by atoms with van der Waals surface area (Å²) in [5.41, 5.74) is 5.94. The molecule has 3 aliphatic rings. The van der Waals surface area contributed by atoms with Crippen LogP contribution in [-0.4, -0.2) is 114 Å². The Balaban J connectivity index is 1.59. The topological polar surface area (TPSA) is 229 Å². The molecule has 1 aliphatic carbocycles. The molecule has 2 heterocycles. The summed E-state index contributed by atoms with van der Waals surface area (Å²) in [6.45, 7) is 0.691. The third-order valence-corrected chi connectivity index (χ3v) is 13.9. The van der Waals surface area contributed by atoms with Crippen LogP contribution in [0.3, 0.4) is 0 Å². The fourth-order valence-corrected chi connectivity index (χ4v) is 11.2. The van der Waals surface area contributed by atoms with Crippen LogP contribution < -0.4 is 15.2 Å². The van der Waals surface area contributed by atoms with Crippen LogP contribution in [-0.2, 0) is 22.6 Å². The quantitative estimate of drug-likeness (QED) is 0.0975. The molecule has 0 radical (unpaired) electrons. The second-order valence-electron chi connectivity index (χ2n) is 13.8. The van der Waals surface area contributed by atoms with Crippen molar-refractivity contribution in [2.45, 2.75) is 85.6 Å². The first-order valence-electron chi connectivity index (χ1n) is 17.3. The van der Waals surface area contributed by atoms with Gasteiger partial charge in [-0.3, -0.25) is 4.79 Å². The van der Waals surface area contributed by atoms with Crippen molar-refractivity contribution < 1.29 is 59.5 Å². The van der Waals surface area contributed by atoms with E-state index in [1.165, 1.54) is 46.9 Å². The molecule has 1 saturated heterocycles. The lowest BCUT2D eigenvalue weighted by molar-refractivity contribution is -0.306. The maximum absolute atomic E-state index is 14.0. The smallest absolute Gasteiger partial charge is 0.229 e. The van der Waals surface area contributed by atoms with E-state index in [0.717, 1.165) is 5.56 Å². The number of aliphatic hydroxyl groups excluding tert-OH is 5. The van der Waals surface area contributed by atoms with Crippen molar-refractivity contribution >= 4 is 44.4 Å². The number of aliphatic hydroxyl groups is 6. The number of Topliss-reactive ketones (excluding diaryl/α,β-unsaturated/α-hetero) is 1. The Labute approximate surface area is 314 Å². The van der Waals surface area contributed by atoms with E-state index in [2.05, 4.69) is 0 Å². The highest BCUT2D eigenvalue weighted by Crippen LogP contribution is 2.51. The summed E-state index contributed by atoms with van der Waals surface area (Å²) in [4.78, 5) is 26.2. The molecule has 2 aliphatic heterocycles. The van der Waals surface area contributed by atoms with Crippen molar-refractivity contribution in [2.75, 3.05) is 13.7 Å². The average molecular weight is 772 g/mol. The molecule has 53 heavy (non-hydrogen) atoms. The van der Waals surface area contributed by atoms with Gasteiger partial charge in [0.15, 0.2) is 5.78 Å². The van der Waals surface area contributed by atoms with Gasteiger partial charge in [-0.25, -0.2) is 0 Å². The Morgan fingerprint density at radius 2 is 1.81 bits per heavy atom. The molecular weight excluding hydrogens is 727 g/mol. The maximum atomic E-state index is 14.0. The molecule has 0 aromatic heterocycles. The number of ether oxygens (including phenoxy) is 3. The van der Waals surface area contributed by atoms with Gasteiger partial charge in [0.1, 0.15) is 53.6 Å². The van der Waals surface area contributed by atoms with Gasteiger partial charge in [-0.1, -0.05) is 64.1 Å². The van der Waals surface area contributed by atoms with Crippen molar-refractivity contribution in [2.24, 2.45) is 17.6 Å². The summed E-state index contributed by atoms with van der Waals surface area (Å²) in [6.07, 6.45) is -5.43. The lowest BCUT2D eigenvalue weighted by Gasteiger charge is -2.53. The average Bonchev–Trinajstić information content (AvgIpc) is 3.14. The Kier molecular flexibility index (Phi) is 12.1. The highest BCUT2D eigenvalue weighted by atomic mass is 33.1. The first-order chi connectivity index (χ1) is 25.4. The zero-order valence-corrected chi connectivity index (χ0v) is 30.8. The highest BCUT2D eigenvalue weighted by Gasteiger charge is 2.60. The second-order valence-corrected chi connectivity index (χ2v) is 16.6. The number of nitrogens with two attached hydrogens (primary N) is 1. The van der Waals surface area contributed by atoms with E-state index < -0.39 is 89.4 Å². The van der Waals surface area contributed by atoms with E-state index in [0.29, 0.717) is 18.3 Å². The predicted molar refractivity (Wildman–Crippen MR) is 199 cm³/mol. The molecule has 0 spiro atoms. The zero-order chi connectivity index (χ0) is 38.2. The van der Waals surface area contributed by atoms with Crippen molar-refractivity contribution in [3.8, 4) is 17.2 Å². The summed E-state index contributed by atoms with van der Waals surface area (Å²) >= 11 is 0. The van der Waals surface area contributed by atoms with Crippen LogP contribution in [0.4, 0.5) is 0 Å². The fraction of sp³-hybridized carbons (Fsp3) is 0.474. The largest absolute Gasteiger partial charge is 0.506 e. The third-order valence-electron chi connectivity index (χ3n) is 10.6. The minimum atomic E-state index is -2.13. The third kappa shape index (κ3) is 7.32. The summed E-state index contributed by atoms with van der Waals surface area (Å²) in [5.74, 6) is -2.63. The summed E-state index contributed by atoms with van der Waals surface area (Å²) in [7, 11) is 3.85. The Morgan fingerprint density at radius 1 is 1.08 bits per heavy atom. The molecule has 3 aromatic rings. The first kappa shape index (κ1) is 39.5. The number of fused-ring (bicyclic) bond motifs is 5. The van der Waals surface area contributed by atoms with E-state index in [1.54, 1.807) is 13.0 Å². The molecule has 13 nitrogen and oxygen atoms in total. The van der Waals surface area contributed by atoms with Gasteiger partial charge in [-0.05, 0) is 41.8 Å². The zero-order valence-electron chi connectivity index (χ0n) is 29.1. The Hall–Kier alpha value is -3.22. The highest BCUT2D eigenvalue weighted by molar-refractivity contribution is 8.77. The molecule has 15 heteroatoms. The molecule has 3 aromatic carbocycles. The SMILES string of the molecule is COc1cc2c3c(O)c(c(C)cc3c1CO)C(=O)C[C@H](CO)SS[C@H](Cc1ccccc1)[C@H]1[C@H](CC=O)[C@@H](N)C=C[C@@]1(O)[C@@H]1O[C@H](O2)[C@H](O)[C@@H](O)[C@@H]1O. The van der Waals surface area contributed by atoms with Gasteiger partial charge in [0, 0.05) is 46.9 Å². The standard InChI is InChI=1S/C38H45NO12S2/c1-18-12-22-23(17-42)26(49-2)15-27-30(22)32(44)29(18)25(43)14-20(16-41)52-53-28(13-19-6-4-3-5-7-19)31-21(9-11-40)24(39)8-10-38(31,48)36-34(46)33(45)35(47)37(50-27)51-36/h3-8,10-12,15,20-21,24,28,31,33-37,41-42,44-48H,9,13-14,16-17,39H2,1-2H3/t20-,21-,24+,28-,31-,33+,34+,35-,36-,37+,38+/m1/s1. The number of hydrogen-bond donors (Lipinski definition) is 8. The van der Waals surface area contributed by atoms with Crippen LogP contribution in [0, 0.1) is 18.8 Å². The monoisotopic (exact) mass is 771 g/mol. The van der Waals surface area contributed by atoms with Crippen LogP contribution >= 0.6 is 21.6 Å². The van der Waals surface area contributed by atoms with E-state index in [-0.39, 0.29) is 46.2 Å². The fourth-order valence-electron chi connectivity index (χ4n) is 7.97. The molecule has 6 rings (SSSR count). The number of rotatable bonds is 7. The number of phenols is 1. The van der Waals surface area contributed by atoms with Gasteiger partial charge in [0.25, 0.3) is 0 Å². The minimum Gasteiger partial charge on any atom is -0.506 e. The van der Waals surface area contributed by atoms with Crippen molar-refractivity contribution in [1.29, 1.82) is 0 Å². The molecule has 11 atom stereocenters. The van der Waals surface area contributed by atoms with E-state index in [1.807, 2.05) is 30.3 Å². The molecule has 1 fully saturated rings. The molecule has 0 amide bonds. The summed E-state index contributed by atoms with van der Waals surface area (Å²) < 4.78 is 18.0. The Morgan fingerprint density at radius 3 is 2.47 bits per heavy atom. The number of phenolic OH excluding ortho intramolecular Hbond substituents is 1. The van der Waals surface area contributed by atoms with Crippen molar-refractivity contribution in [3.63, 3.8) is 0 Å². The number of aldehydes is 1. The summed E-state index contributed by atoms with van der Waals surface area (Å²) in [6, 6.07) is 11.6. The first-order valence-corrected chi connectivity index (χ1v) is 19.6. The lowest BCUT2D eigenvalue weighted by atomic mass is 9.63. The molecular formula is C38H45NO12S2. The van der Waals surface area contributed by atoms with Crippen LogP contribution in [0.1, 0.15) is 39.9 Å². The number of hydrogen-bond acceptors (Lipinski definition) is 15.